The lowest BCUT2D eigenvalue weighted by atomic mass is 10.0. The van der Waals surface area contributed by atoms with Gasteiger partial charge in [-0.1, -0.05) is 0 Å². The number of hydrogen-bond donors (Lipinski definition) is 0. The first-order chi connectivity index (χ1) is 13.6. The molecule has 2 unspecified atom stereocenters. The summed E-state index contributed by atoms with van der Waals surface area (Å²) in [5.41, 5.74) is 0.445. The molecule has 1 aromatic carbocycles. The average Bonchev–Trinajstić information content (AvgIpc) is 2.89. The van der Waals surface area contributed by atoms with Gasteiger partial charge in [0, 0.05) is 36.9 Å². The summed E-state index contributed by atoms with van der Waals surface area (Å²) in [6, 6.07) is 7.70. The first-order valence-electron chi connectivity index (χ1n) is 9.65. The molecular formula is C21H21F2N3O2. The highest BCUT2D eigenvalue weighted by atomic mass is 19.1. The van der Waals surface area contributed by atoms with Gasteiger partial charge in [-0.25, -0.2) is 13.8 Å². The molecule has 2 bridgehead atoms. The van der Waals surface area contributed by atoms with Crippen molar-refractivity contribution in [3.05, 3.63) is 47.7 Å². The minimum Gasteiger partial charge on any atom is -0.378 e. The van der Waals surface area contributed by atoms with Crippen LogP contribution >= 0.6 is 0 Å². The third kappa shape index (κ3) is 2.89. The van der Waals surface area contributed by atoms with Gasteiger partial charge >= 0.3 is 0 Å². The van der Waals surface area contributed by atoms with Gasteiger partial charge in [0.25, 0.3) is 0 Å². The van der Waals surface area contributed by atoms with Crippen molar-refractivity contribution in [2.75, 3.05) is 31.2 Å². The van der Waals surface area contributed by atoms with Crippen LogP contribution in [0.4, 0.5) is 14.6 Å². The molecule has 3 aliphatic rings. The van der Waals surface area contributed by atoms with E-state index < -0.39 is 17.2 Å². The normalized spacial score (nSPS) is 25.0. The van der Waals surface area contributed by atoms with Gasteiger partial charge in [0.05, 0.1) is 24.8 Å². The van der Waals surface area contributed by atoms with Crippen LogP contribution in [0.5, 0.6) is 0 Å². The van der Waals surface area contributed by atoms with E-state index in [-0.39, 0.29) is 6.29 Å². The number of aromatic nitrogens is 1. The number of hydrogen-bond acceptors (Lipinski definition) is 5. The quantitative estimate of drug-likeness (QED) is 0.758. The summed E-state index contributed by atoms with van der Waals surface area (Å²) in [4.78, 5) is 20.2. The minimum atomic E-state index is -0.859. The molecule has 3 aliphatic heterocycles. The molecule has 146 valence electrons. The molecule has 0 spiro atoms. The molecule has 0 radical (unpaired) electrons. The summed E-state index contributed by atoms with van der Waals surface area (Å²) >= 11 is 0. The Morgan fingerprint density at radius 3 is 2.18 bits per heavy atom. The SMILES string of the molecule is O=Cc1c(F)cc(-c2ccc(N3CC4CCC(C3)N4C3COC3)nc2)cc1F. The maximum Gasteiger partial charge on any atom is 0.155 e. The number of benzene rings is 1. The Hall–Kier alpha value is -2.38. The minimum absolute atomic E-state index is 0.194. The number of fused-ring (bicyclic) bond motifs is 2. The van der Waals surface area contributed by atoms with Crippen LogP contribution in [0.3, 0.4) is 0 Å². The van der Waals surface area contributed by atoms with Gasteiger partial charge in [0.1, 0.15) is 17.5 Å². The zero-order valence-electron chi connectivity index (χ0n) is 15.4. The highest BCUT2D eigenvalue weighted by Crippen LogP contribution is 2.35. The fourth-order valence-corrected chi connectivity index (χ4v) is 4.72. The van der Waals surface area contributed by atoms with Crippen LogP contribution in [-0.4, -0.2) is 60.6 Å². The molecule has 4 heterocycles. The second-order valence-electron chi connectivity index (χ2n) is 7.80. The molecule has 5 nitrogen and oxygen atoms in total. The van der Waals surface area contributed by atoms with Gasteiger partial charge in [-0.15, -0.1) is 0 Å². The second kappa shape index (κ2) is 6.90. The standard InChI is InChI=1S/C21H21F2N3O2/c22-19-5-14(6-20(23)18(19)10-27)13-1-4-21(24-7-13)25-8-15-2-3-16(9-25)26(15)17-11-28-12-17/h1,4-7,10,15-17H,2-3,8-9,11-12H2. The fraction of sp³-hybridized carbons (Fsp3) is 0.429. The highest BCUT2D eigenvalue weighted by Gasteiger charge is 2.45. The van der Waals surface area contributed by atoms with Crippen LogP contribution in [0.1, 0.15) is 23.2 Å². The third-order valence-electron chi connectivity index (χ3n) is 6.18. The highest BCUT2D eigenvalue weighted by molar-refractivity contribution is 5.78. The Labute approximate surface area is 161 Å². The molecular weight excluding hydrogens is 364 g/mol. The van der Waals surface area contributed by atoms with Crippen molar-refractivity contribution >= 4 is 12.1 Å². The molecule has 2 aromatic rings. The largest absolute Gasteiger partial charge is 0.378 e. The molecule has 7 heteroatoms. The van der Waals surface area contributed by atoms with E-state index in [1.54, 1.807) is 6.20 Å². The van der Waals surface area contributed by atoms with Gasteiger partial charge in [0.2, 0.25) is 0 Å². The van der Waals surface area contributed by atoms with Crippen LogP contribution in [0.2, 0.25) is 0 Å². The van der Waals surface area contributed by atoms with Gasteiger partial charge in [-0.3, -0.25) is 9.69 Å². The van der Waals surface area contributed by atoms with Crippen LogP contribution < -0.4 is 4.90 Å². The van der Waals surface area contributed by atoms with Gasteiger partial charge in [-0.05, 0) is 42.7 Å². The van der Waals surface area contributed by atoms with Crippen molar-refractivity contribution in [1.82, 2.24) is 9.88 Å². The molecule has 1 aromatic heterocycles. The lowest BCUT2D eigenvalue weighted by Gasteiger charge is -2.48. The van der Waals surface area contributed by atoms with Crippen molar-refractivity contribution in [3.63, 3.8) is 0 Å². The first-order valence-corrected chi connectivity index (χ1v) is 9.65. The van der Waals surface area contributed by atoms with Gasteiger partial charge in [-0.2, -0.15) is 0 Å². The number of carbonyl (C=O) groups is 1. The Morgan fingerprint density at radius 2 is 1.68 bits per heavy atom. The maximum atomic E-state index is 13.9. The second-order valence-corrected chi connectivity index (χ2v) is 7.80. The number of halogens is 2. The summed E-state index contributed by atoms with van der Waals surface area (Å²) in [5.74, 6) is -0.834. The lowest BCUT2D eigenvalue weighted by Crippen LogP contribution is -2.62. The van der Waals surface area contributed by atoms with Crippen molar-refractivity contribution in [2.24, 2.45) is 0 Å². The summed E-state index contributed by atoms with van der Waals surface area (Å²) in [6.45, 7) is 3.57. The zero-order chi connectivity index (χ0) is 19.3. The number of piperazine rings is 1. The lowest BCUT2D eigenvalue weighted by molar-refractivity contribution is -0.0850. The topological polar surface area (TPSA) is 45.7 Å². The number of pyridine rings is 1. The summed E-state index contributed by atoms with van der Waals surface area (Å²) < 4.78 is 33.1. The zero-order valence-corrected chi connectivity index (χ0v) is 15.4. The van der Waals surface area contributed by atoms with E-state index in [1.807, 2.05) is 12.1 Å². The summed E-state index contributed by atoms with van der Waals surface area (Å²) in [6.07, 6.45) is 4.24. The van der Waals surface area contributed by atoms with E-state index in [0.717, 1.165) is 32.1 Å². The molecule has 2 atom stereocenters. The van der Waals surface area contributed by atoms with E-state index in [1.165, 1.54) is 25.0 Å². The fourth-order valence-electron chi connectivity index (χ4n) is 4.72. The van der Waals surface area contributed by atoms with E-state index in [4.69, 9.17) is 4.74 Å². The molecule has 3 saturated heterocycles. The molecule has 0 amide bonds. The van der Waals surface area contributed by atoms with E-state index in [9.17, 15) is 13.6 Å². The predicted octanol–water partition coefficient (Wildman–Crippen LogP) is 2.89. The molecule has 0 N–H and O–H groups in total. The van der Waals surface area contributed by atoms with Gasteiger partial charge in [0.15, 0.2) is 6.29 Å². The maximum absolute atomic E-state index is 13.9. The predicted molar refractivity (Wildman–Crippen MR) is 100 cm³/mol. The molecule has 28 heavy (non-hydrogen) atoms. The number of aldehydes is 1. The van der Waals surface area contributed by atoms with E-state index >= 15 is 0 Å². The van der Waals surface area contributed by atoms with Crippen molar-refractivity contribution in [1.29, 1.82) is 0 Å². The summed E-state index contributed by atoms with van der Waals surface area (Å²) in [5, 5.41) is 0. The van der Waals surface area contributed by atoms with Crippen LogP contribution in [0.15, 0.2) is 30.5 Å². The smallest absolute Gasteiger partial charge is 0.155 e. The van der Waals surface area contributed by atoms with E-state index in [0.29, 0.717) is 29.3 Å². The average molecular weight is 385 g/mol. The van der Waals surface area contributed by atoms with Crippen LogP contribution in [0.25, 0.3) is 11.1 Å². The molecule has 0 saturated carbocycles. The number of rotatable bonds is 4. The monoisotopic (exact) mass is 385 g/mol. The number of ether oxygens (including phenoxy) is 1. The van der Waals surface area contributed by atoms with Crippen LogP contribution in [-0.2, 0) is 4.74 Å². The Kier molecular flexibility index (Phi) is 4.36. The first kappa shape index (κ1) is 17.7. The third-order valence-corrected chi connectivity index (χ3v) is 6.18. The van der Waals surface area contributed by atoms with Crippen molar-refractivity contribution < 1.29 is 18.3 Å². The Morgan fingerprint density at radius 1 is 1.00 bits per heavy atom. The van der Waals surface area contributed by atoms with E-state index in [2.05, 4.69) is 14.8 Å². The van der Waals surface area contributed by atoms with Crippen LogP contribution in [0, 0.1) is 11.6 Å². The van der Waals surface area contributed by atoms with Gasteiger partial charge < -0.3 is 9.64 Å². The summed E-state index contributed by atoms with van der Waals surface area (Å²) in [7, 11) is 0. The molecule has 3 fully saturated rings. The molecule has 5 rings (SSSR count). The Balaban J connectivity index is 1.34. The number of anilines is 1. The Bertz CT molecular complexity index is 864. The number of nitrogens with zero attached hydrogens (tertiary/aromatic N) is 3. The van der Waals surface area contributed by atoms with Crippen molar-refractivity contribution in [2.45, 2.75) is 31.0 Å². The molecule has 0 aliphatic carbocycles. The number of carbonyl (C=O) groups excluding carboxylic acids is 1. The van der Waals surface area contributed by atoms with Crippen molar-refractivity contribution in [3.8, 4) is 11.1 Å².